The molecule has 0 saturated heterocycles. The minimum absolute atomic E-state index is 0.913. The SMILES string of the molecule is c1ccc(-c2ccc3ccc4ccc(-c5cccc(-c6ccc7ccc8ccc(-c9ccccc9)nc8c7n6)c5)cc4c3n2)cc1. The normalized spacial score (nSPS) is 11.5. The fourth-order valence-electron chi connectivity index (χ4n) is 6.41. The second kappa shape index (κ2) is 10.8. The Morgan fingerprint density at radius 1 is 0.261 bits per heavy atom. The molecule has 0 fully saturated rings. The fraction of sp³-hybridized carbons (Fsp3) is 0. The summed E-state index contributed by atoms with van der Waals surface area (Å²) < 4.78 is 0. The van der Waals surface area contributed by atoms with Gasteiger partial charge in [0.25, 0.3) is 0 Å². The van der Waals surface area contributed by atoms with Gasteiger partial charge in [0.1, 0.15) is 0 Å². The molecule has 0 amide bonds. The second-order valence-corrected chi connectivity index (χ2v) is 11.7. The molecule has 0 atom stereocenters. The maximum absolute atomic E-state index is 5.20. The zero-order valence-electron chi connectivity index (χ0n) is 24.9. The molecule has 214 valence electrons. The van der Waals surface area contributed by atoms with Crippen LogP contribution in [0.2, 0.25) is 0 Å². The third-order valence-corrected chi connectivity index (χ3v) is 8.83. The lowest BCUT2D eigenvalue weighted by Gasteiger charge is -2.11. The van der Waals surface area contributed by atoms with Crippen LogP contribution in [0.15, 0.2) is 164 Å². The molecule has 0 bridgehead atoms. The van der Waals surface area contributed by atoms with Crippen LogP contribution in [0.25, 0.3) is 88.4 Å². The van der Waals surface area contributed by atoms with Crippen molar-refractivity contribution in [3.05, 3.63) is 164 Å². The highest BCUT2D eigenvalue weighted by Crippen LogP contribution is 2.34. The summed E-state index contributed by atoms with van der Waals surface area (Å²) in [4.78, 5) is 15.4. The minimum atomic E-state index is 0.913. The molecular formula is C43H27N3. The Kier molecular flexibility index (Phi) is 6.14. The Morgan fingerprint density at radius 2 is 0.674 bits per heavy atom. The van der Waals surface area contributed by atoms with Gasteiger partial charge in [0.15, 0.2) is 0 Å². The van der Waals surface area contributed by atoms with E-state index in [9.17, 15) is 0 Å². The highest BCUT2D eigenvalue weighted by atomic mass is 14.8. The second-order valence-electron chi connectivity index (χ2n) is 11.7. The highest BCUT2D eigenvalue weighted by molar-refractivity contribution is 6.07. The van der Waals surface area contributed by atoms with E-state index in [1.54, 1.807) is 0 Å². The van der Waals surface area contributed by atoms with Crippen molar-refractivity contribution in [1.29, 1.82) is 0 Å². The van der Waals surface area contributed by atoms with E-state index in [-0.39, 0.29) is 0 Å². The summed E-state index contributed by atoms with van der Waals surface area (Å²) in [5.74, 6) is 0. The van der Waals surface area contributed by atoms with Gasteiger partial charge < -0.3 is 0 Å². The van der Waals surface area contributed by atoms with Crippen LogP contribution in [-0.2, 0) is 0 Å². The summed E-state index contributed by atoms with van der Waals surface area (Å²) in [5, 5.41) is 5.62. The molecule has 0 radical (unpaired) electrons. The van der Waals surface area contributed by atoms with E-state index in [0.717, 1.165) is 83.0 Å². The van der Waals surface area contributed by atoms with E-state index >= 15 is 0 Å². The number of fused-ring (bicyclic) bond motifs is 6. The Labute approximate surface area is 266 Å². The summed E-state index contributed by atoms with van der Waals surface area (Å²) in [7, 11) is 0. The van der Waals surface area contributed by atoms with Crippen LogP contribution in [0, 0.1) is 0 Å². The van der Waals surface area contributed by atoms with Gasteiger partial charge in [-0.1, -0.05) is 133 Å². The van der Waals surface area contributed by atoms with E-state index in [2.05, 4.69) is 140 Å². The van der Waals surface area contributed by atoms with Gasteiger partial charge in [-0.2, -0.15) is 0 Å². The van der Waals surface area contributed by atoms with Gasteiger partial charge in [-0.15, -0.1) is 0 Å². The first kappa shape index (κ1) is 26.2. The van der Waals surface area contributed by atoms with E-state index in [4.69, 9.17) is 15.0 Å². The van der Waals surface area contributed by atoms with Gasteiger partial charge in [-0.05, 0) is 46.8 Å². The monoisotopic (exact) mass is 585 g/mol. The Balaban J connectivity index is 1.15. The summed E-state index contributed by atoms with van der Waals surface area (Å²) in [5.41, 5.74) is 11.3. The number of pyridine rings is 3. The molecule has 3 heterocycles. The third kappa shape index (κ3) is 4.58. The van der Waals surface area contributed by atoms with Gasteiger partial charge in [0.2, 0.25) is 0 Å². The molecule has 0 aliphatic rings. The highest BCUT2D eigenvalue weighted by Gasteiger charge is 2.11. The molecule has 3 aromatic heterocycles. The number of benzene rings is 6. The topological polar surface area (TPSA) is 38.7 Å². The van der Waals surface area contributed by atoms with Gasteiger partial charge >= 0.3 is 0 Å². The fourth-order valence-corrected chi connectivity index (χ4v) is 6.41. The van der Waals surface area contributed by atoms with Crippen LogP contribution in [0.3, 0.4) is 0 Å². The largest absolute Gasteiger partial charge is 0.247 e. The van der Waals surface area contributed by atoms with Crippen molar-refractivity contribution in [3.8, 4) is 44.9 Å². The summed E-state index contributed by atoms with van der Waals surface area (Å²) >= 11 is 0. The minimum Gasteiger partial charge on any atom is -0.247 e. The summed E-state index contributed by atoms with van der Waals surface area (Å²) in [6.45, 7) is 0. The molecule has 9 rings (SSSR count). The zero-order chi connectivity index (χ0) is 30.5. The van der Waals surface area contributed by atoms with Gasteiger partial charge in [0.05, 0.1) is 33.6 Å². The van der Waals surface area contributed by atoms with Crippen molar-refractivity contribution in [3.63, 3.8) is 0 Å². The molecule has 6 aromatic carbocycles. The summed E-state index contributed by atoms with van der Waals surface area (Å²) in [6, 6.07) is 57.4. The lowest BCUT2D eigenvalue weighted by molar-refractivity contribution is 1.36. The quantitative estimate of drug-likeness (QED) is 0.193. The number of aromatic nitrogens is 3. The lowest BCUT2D eigenvalue weighted by Crippen LogP contribution is -1.91. The molecule has 0 aliphatic heterocycles. The van der Waals surface area contributed by atoms with Crippen LogP contribution in [0.4, 0.5) is 0 Å². The van der Waals surface area contributed by atoms with Crippen molar-refractivity contribution in [2.45, 2.75) is 0 Å². The van der Waals surface area contributed by atoms with Crippen LogP contribution in [-0.4, -0.2) is 15.0 Å². The molecule has 3 heteroatoms. The van der Waals surface area contributed by atoms with Crippen molar-refractivity contribution in [1.82, 2.24) is 15.0 Å². The molecule has 0 spiro atoms. The molecule has 46 heavy (non-hydrogen) atoms. The van der Waals surface area contributed by atoms with Crippen LogP contribution >= 0.6 is 0 Å². The number of rotatable bonds is 4. The van der Waals surface area contributed by atoms with E-state index in [1.165, 1.54) is 5.39 Å². The predicted molar refractivity (Wildman–Crippen MR) is 192 cm³/mol. The van der Waals surface area contributed by atoms with Gasteiger partial charge in [0, 0.05) is 38.2 Å². The third-order valence-electron chi connectivity index (χ3n) is 8.83. The average Bonchev–Trinajstić information content (AvgIpc) is 3.14. The predicted octanol–water partition coefficient (Wildman–Crippen LogP) is 11.2. The maximum Gasteiger partial charge on any atom is 0.0972 e. The first-order chi connectivity index (χ1) is 22.8. The van der Waals surface area contributed by atoms with Crippen molar-refractivity contribution < 1.29 is 0 Å². The van der Waals surface area contributed by atoms with E-state index in [1.807, 2.05) is 24.3 Å². The standard InChI is InChI=1S/C43H27N3/c1-3-8-29(9-4-1)38-23-20-31-16-14-28-15-19-35(27-37(28)41(31)44-38)34-12-7-13-36(26-34)40-25-22-33-18-17-32-21-24-39(30-10-5-2-6-11-30)45-42(32)43(33)46-40/h1-27H. The van der Waals surface area contributed by atoms with E-state index < -0.39 is 0 Å². The first-order valence-corrected chi connectivity index (χ1v) is 15.5. The maximum atomic E-state index is 5.20. The van der Waals surface area contributed by atoms with E-state index in [0.29, 0.717) is 0 Å². The van der Waals surface area contributed by atoms with Crippen LogP contribution < -0.4 is 0 Å². The smallest absolute Gasteiger partial charge is 0.0972 e. The van der Waals surface area contributed by atoms with Gasteiger partial charge in [-0.3, -0.25) is 0 Å². The zero-order valence-corrected chi connectivity index (χ0v) is 24.9. The molecular weight excluding hydrogens is 558 g/mol. The molecule has 3 nitrogen and oxygen atoms in total. The van der Waals surface area contributed by atoms with Crippen molar-refractivity contribution >= 4 is 43.5 Å². The molecule has 9 aromatic rings. The lowest BCUT2D eigenvalue weighted by atomic mass is 9.97. The van der Waals surface area contributed by atoms with Gasteiger partial charge in [-0.25, -0.2) is 15.0 Å². The molecule has 0 saturated carbocycles. The van der Waals surface area contributed by atoms with Crippen LogP contribution in [0.1, 0.15) is 0 Å². The summed E-state index contributed by atoms with van der Waals surface area (Å²) in [6.07, 6.45) is 0. The number of hydrogen-bond donors (Lipinski definition) is 0. The van der Waals surface area contributed by atoms with Crippen molar-refractivity contribution in [2.24, 2.45) is 0 Å². The molecule has 0 unspecified atom stereocenters. The Bertz CT molecular complexity index is 2400. The Morgan fingerprint density at radius 3 is 1.28 bits per heavy atom. The average molecular weight is 586 g/mol. The molecule has 0 N–H and O–H groups in total. The molecule has 0 aliphatic carbocycles. The first-order valence-electron chi connectivity index (χ1n) is 15.5. The van der Waals surface area contributed by atoms with Crippen LogP contribution in [0.5, 0.6) is 0 Å². The number of hydrogen-bond acceptors (Lipinski definition) is 3. The van der Waals surface area contributed by atoms with Crippen molar-refractivity contribution in [2.75, 3.05) is 0 Å². The Hall–Kier alpha value is -6.19. The number of nitrogens with zero attached hydrogens (tertiary/aromatic N) is 3.